The van der Waals surface area contributed by atoms with Crippen molar-refractivity contribution in [1.82, 2.24) is 9.71 Å². The molecule has 1 N–H and O–H groups in total. The fraction of sp³-hybridized carbons (Fsp3) is 0.562. The molecular formula is C16H24N2S2. The van der Waals surface area contributed by atoms with E-state index in [0.29, 0.717) is 0 Å². The first-order chi connectivity index (χ1) is 9.50. The molecule has 0 radical (unpaired) electrons. The lowest BCUT2D eigenvalue weighted by Gasteiger charge is -2.28. The van der Waals surface area contributed by atoms with E-state index < -0.39 is 0 Å². The predicted molar refractivity (Wildman–Crippen MR) is 91.4 cm³/mol. The number of benzene rings is 1. The van der Waals surface area contributed by atoms with E-state index in [-0.39, 0.29) is 5.54 Å². The molecule has 0 aliphatic carbocycles. The monoisotopic (exact) mass is 308 g/mol. The van der Waals surface area contributed by atoms with Crippen molar-refractivity contribution in [3.63, 3.8) is 0 Å². The van der Waals surface area contributed by atoms with Crippen LogP contribution in [0.5, 0.6) is 0 Å². The smallest absolute Gasteiger partial charge is 0.166 e. The molecule has 1 atom stereocenters. The Labute approximate surface area is 130 Å². The average Bonchev–Trinajstić information content (AvgIpc) is 2.79. The van der Waals surface area contributed by atoms with Gasteiger partial charge in [0, 0.05) is 5.54 Å². The second-order valence-electron chi connectivity index (χ2n) is 6.13. The lowest BCUT2D eigenvalue weighted by molar-refractivity contribution is 0.344. The number of hydrogen-bond acceptors (Lipinski definition) is 4. The van der Waals surface area contributed by atoms with Crippen LogP contribution in [0.1, 0.15) is 47.0 Å². The van der Waals surface area contributed by atoms with Gasteiger partial charge in [-0.1, -0.05) is 38.8 Å². The van der Waals surface area contributed by atoms with Crippen LogP contribution in [0.25, 0.3) is 10.2 Å². The summed E-state index contributed by atoms with van der Waals surface area (Å²) >= 11 is 3.43. The van der Waals surface area contributed by atoms with E-state index in [9.17, 15) is 0 Å². The molecule has 0 saturated heterocycles. The lowest BCUT2D eigenvalue weighted by Crippen LogP contribution is -2.36. The van der Waals surface area contributed by atoms with Gasteiger partial charge in [-0.25, -0.2) is 4.98 Å². The molecule has 2 nitrogen and oxygen atoms in total. The Balaban J connectivity index is 1.93. The van der Waals surface area contributed by atoms with E-state index in [2.05, 4.69) is 55.6 Å². The number of rotatable bonds is 7. The van der Waals surface area contributed by atoms with Crippen molar-refractivity contribution in [3.8, 4) is 0 Å². The van der Waals surface area contributed by atoms with E-state index in [1.807, 2.05) is 6.07 Å². The van der Waals surface area contributed by atoms with Crippen LogP contribution in [0, 0.1) is 5.92 Å². The molecule has 0 fully saturated rings. The summed E-state index contributed by atoms with van der Waals surface area (Å²) in [4.78, 5) is 4.65. The standard InChI is InChI=1S/C16H24N2S2/c1-5-8-12(2)11-16(3,4)18-20-15-17-13-9-6-7-10-14(13)19-15/h6-7,9-10,12,18H,5,8,11H2,1-4H3. The maximum Gasteiger partial charge on any atom is 0.166 e. The Bertz CT molecular complexity index is 515. The lowest BCUT2D eigenvalue weighted by atomic mass is 9.90. The van der Waals surface area contributed by atoms with E-state index in [4.69, 9.17) is 0 Å². The summed E-state index contributed by atoms with van der Waals surface area (Å²) in [6.45, 7) is 9.15. The molecule has 0 bridgehead atoms. The second-order valence-corrected chi connectivity index (χ2v) is 8.22. The van der Waals surface area contributed by atoms with E-state index >= 15 is 0 Å². The van der Waals surface area contributed by atoms with E-state index in [1.54, 1.807) is 23.3 Å². The van der Waals surface area contributed by atoms with Gasteiger partial charge < -0.3 is 0 Å². The highest BCUT2D eigenvalue weighted by atomic mass is 32.2. The van der Waals surface area contributed by atoms with Crippen LogP contribution < -0.4 is 4.72 Å². The second kappa shape index (κ2) is 6.92. The maximum atomic E-state index is 4.65. The van der Waals surface area contributed by atoms with Crippen molar-refractivity contribution in [3.05, 3.63) is 24.3 Å². The zero-order valence-electron chi connectivity index (χ0n) is 12.8. The van der Waals surface area contributed by atoms with Crippen molar-refractivity contribution in [2.24, 2.45) is 5.92 Å². The zero-order chi connectivity index (χ0) is 14.6. The first-order valence-electron chi connectivity index (χ1n) is 7.30. The number of nitrogens with one attached hydrogen (secondary N) is 1. The van der Waals surface area contributed by atoms with Crippen LogP contribution >= 0.6 is 23.3 Å². The fourth-order valence-electron chi connectivity index (χ4n) is 2.58. The minimum Gasteiger partial charge on any atom is -0.252 e. The molecule has 1 heterocycles. The number of hydrogen-bond donors (Lipinski definition) is 1. The molecule has 1 unspecified atom stereocenters. The summed E-state index contributed by atoms with van der Waals surface area (Å²) in [7, 11) is 0. The van der Waals surface area contributed by atoms with E-state index in [1.165, 1.54) is 24.0 Å². The molecule has 2 rings (SSSR count). The third-order valence-electron chi connectivity index (χ3n) is 3.33. The molecular weight excluding hydrogens is 284 g/mol. The van der Waals surface area contributed by atoms with Gasteiger partial charge in [0.15, 0.2) is 4.34 Å². The highest BCUT2D eigenvalue weighted by molar-refractivity contribution is 7.99. The molecule has 1 aromatic heterocycles. The third kappa shape index (κ3) is 4.47. The SMILES string of the molecule is CCCC(C)CC(C)(C)NSc1nc2ccccc2s1. The Hall–Kier alpha value is -0.580. The van der Waals surface area contributed by atoms with Crippen molar-refractivity contribution in [2.75, 3.05) is 0 Å². The number of thiazole rings is 1. The first kappa shape index (κ1) is 15.8. The van der Waals surface area contributed by atoms with Gasteiger partial charge in [-0.2, -0.15) is 0 Å². The van der Waals surface area contributed by atoms with Gasteiger partial charge in [-0.15, -0.1) is 11.3 Å². The van der Waals surface area contributed by atoms with Crippen LogP contribution in [0.15, 0.2) is 28.6 Å². The topological polar surface area (TPSA) is 24.9 Å². The molecule has 110 valence electrons. The van der Waals surface area contributed by atoms with Gasteiger partial charge in [0.25, 0.3) is 0 Å². The number of para-hydroxylation sites is 1. The molecule has 0 aliphatic rings. The van der Waals surface area contributed by atoms with Crippen molar-refractivity contribution < 1.29 is 0 Å². The minimum absolute atomic E-state index is 0.136. The highest BCUT2D eigenvalue weighted by Gasteiger charge is 2.21. The molecule has 0 amide bonds. The quantitative estimate of drug-likeness (QED) is 0.684. The van der Waals surface area contributed by atoms with Crippen molar-refractivity contribution in [2.45, 2.75) is 56.8 Å². The molecule has 4 heteroatoms. The number of aromatic nitrogens is 1. The van der Waals surface area contributed by atoms with Crippen molar-refractivity contribution >= 4 is 33.5 Å². The molecule has 1 aromatic carbocycles. The average molecular weight is 309 g/mol. The summed E-state index contributed by atoms with van der Waals surface area (Å²) in [5.74, 6) is 0.762. The summed E-state index contributed by atoms with van der Waals surface area (Å²) in [5, 5.41) is 0. The Kier molecular flexibility index (Phi) is 5.47. The Morgan fingerprint density at radius 2 is 2.10 bits per heavy atom. The van der Waals surface area contributed by atoms with Gasteiger partial charge in [0.1, 0.15) is 0 Å². The number of fused-ring (bicyclic) bond motifs is 1. The number of nitrogens with zero attached hydrogens (tertiary/aromatic N) is 1. The van der Waals surface area contributed by atoms with Crippen LogP contribution in [-0.4, -0.2) is 10.5 Å². The van der Waals surface area contributed by atoms with Gasteiger partial charge in [-0.3, -0.25) is 4.72 Å². The first-order valence-corrected chi connectivity index (χ1v) is 8.93. The predicted octanol–water partition coefficient (Wildman–Crippen LogP) is 5.50. The third-order valence-corrected chi connectivity index (χ3v) is 5.58. The summed E-state index contributed by atoms with van der Waals surface area (Å²) in [6, 6.07) is 8.31. The summed E-state index contributed by atoms with van der Waals surface area (Å²) in [6.07, 6.45) is 3.76. The largest absolute Gasteiger partial charge is 0.252 e. The Morgan fingerprint density at radius 1 is 1.35 bits per heavy atom. The molecule has 0 aliphatic heterocycles. The minimum atomic E-state index is 0.136. The fourth-order valence-corrected chi connectivity index (χ4v) is 4.43. The highest BCUT2D eigenvalue weighted by Crippen LogP contribution is 2.30. The van der Waals surface area contributed by atoms with Gasteiger partial charge in [-0.05, 0) is 50.3 Å². The van der Waals surface area contributed by atoms with Crippen LogP contribution in [0.3, 0.4) is 0 Å². The zero-order valence-corrected chi connectivity index (χ0v) is 14.4. The molecule has 2 aromatic rings. The van der Waals surface area contributed by atoms with Gasteiger partial charge in [0.2, 0.25) is 0 Å². The van der Waals surface area contributed by atoms with Crippen LogP contribution in [-0.2, 0) is 0 Å². The molecule has 0 spiro atoms. The van der Waals surface area contributed by atoms with E-state index in [0.717, 1.165) is 15.8 Å². The van der Waals surface area contributed by atoms with Crippen molar-refractivity contribution in [1.29, 1.82) is 0 Å². The van der Waals surface area contributed by atoms with Crippen LogP contribution in [0.2, 0.25) is 0 Å². The molecule has 0 saturated carbocycles. The normalized spacial score (nSPS) is 13.8. The van der Waals surface area contributed by atoms with Gasteiger partial charge >= 0.3 is 0 Å². The maximum absolute atomic E-state index is 4.65. The summed E-state index contributed by atoms with van der Waals surface area (Å²) < 4.78 is 5.95. The summed E-state index contributed by atoms with van der Waals surface area (Å²) in [5.41, 5.74) is 1.23. The Morgan fingerprint density at radius 3 is 2.80 bits per heavy atom. The molecule has 20 heavy (non-hydrogen) atoms. The van der Waals surface area contributed by atoms with Gasteiger partial charge in [0.05, 0.1) is 10.2 Å². The van der Waals surface area contributed by atoms with Crippen LogP contribution in [0.4, 0.5) is 0 Å².